The Morgan fingerprint density at radius 3 is 2.67 bits per heavy atom. The molecule has 0 atom stereocenters. The predicted octanol–water partition coefficient (Wildman–Crippen LogP) is 4.78. The van der Waals surface area contributed by atoms with E-state index in [2.05, 4.69) is 14.9 Å². The van der Waals surface area contributed by atoms with Gasteiger partial charge in [-0.25, -0.2) is 0 Å². The van der Waals surface area contributed by atoms with Crippen LogP contribution in [0.25, 0.3) is 27.8 Å². The van der Waals surface area contributed by atoms with Crippen molar-refractivity contribution in [3.63, 3.8) is 0 Å². The number of H-pyrrole nitrogens is 1. The zero-order chi connectivity index (χ0) is 21.3. The molecule has 4 aromatic rings. The fourth-order valence-corrected chi connectivity index (χ4v) is 4.28. The molecule has 0 aliphatic carbocycles. The summed E-state index contributed by atoms with van der Waals surface area (Å²) in [5.74, 6) is 0.609. The monoisotopic (exact) mass is 458 g/mol. The van der Waals surface area contributed by atoms with Crippen LogP contribution in [0.3, 0.4) is 0 Å². The number of hydrogen-bond donors (Lipinski definition) is 2. The van der Waals surface area contributed by atoms with Crippen molar-refractivity contribution in [2.24, 2.45) is 0 Å². The highest BCUT2D eigenvalue weighted by Crippen LogP contribution is 2.35. The highest BCUT2D eigenvalue weighted by Gasteiger charge is 2.19. The lowest BCUT2D eigenvalue weighted by atomic mass is 10.1. The largest absolute Gasteiger partial charge is 0.382 e. The van der Waals surface area contributed by atoms with Crippen LogP contribution in [0.4, 0.5) is 5.69 Å². The summed E-state index contributed by atoms with van der Waals surface area (Å²) in [6.45, 7) is 0. The second-order valence-corrected chi connectivity index (χ2v) is 9.06. The Bertz CT molecular complexity index is 1390. The number of rotatable bonds is 6. The van der Waals surface area contributed by atoms with Crippen molar-refractivity contribution in [2.45, 2.75) is 0 Å². The van der Waals surface area contributed by atoms with Crippen LogP contribution >= 0.6 is 24.2 Å². The summed E-state index contributed by atoms with van der Waals surface area (Å²) < 4.78 is 34.3. The zero-order valence-electron chi connectivity index (χ0n) is 16.1. The molecule has 0 fully saturated rings. The third-order valence-electron chi connectivity index (χ3n) is 4.36. The molecule has 0 radical (unpaired) electrons. The number of hydrogen-bond acceptors (Lipinski definition) is 7. The van der Waals surface area contributed by atoms with Crippen LogP contribution in [0.5, 0.6) is 5.75 Å². The van der Waals surface area contributed by atoms with Crippen LogP contribution in [0.15, 0.2) is 60.7 Å². The first kappa shape index (κ1) is 20.5. The van der Waals surface area contributed by atoms with E-state index in [1.54, 1.807) is 16.7 Å². The molecule has 0 spiro atoms. The lowest BCUT2D eigenvalue weighted by molar-refractivity contribution is 0.494. The quantitative estimate of drug-likeness (QED) is 0.244. The summed E-state index contributed by atoms with van der Waals surface area (Å²) in [4.78, 5) is 0. The molecule has 0 saturated carbocycles. The van der Waals surface area contributed by atoms with E-state index in [1.807, 2.05) is 54.8 Å². The Morgan fingerprint density at radius 1 is 1.13 bits per heavy atom. The summed E-state index contributed by atoms with van der Waals surface area (Å²) in [5.41, 5.74) is 2.03. The minimum Gasteiger partial charge on any atom is -0.382 e. The normalized spacial score (nSPS) is 11.5. The molecule has 0 saturated heterocycles. The molecule has 7 nitrogen and oxygen atoms in total. The highest BCUT2D eigenvalue weighted by atomic mass is 32.2. The standard InChI is InChI=1S/C20H18N4O3S3/c1-29-23-14-10-11-16(18(12-14)27-30(2,25)26)19-21-22-20(28)24(19)17-9-5-7-13-6-3-4-8-15(13)17/h3-12,23H,1-2H3,(H,22,28). The van der Waals surface area contributed by atoms with Gasteiger partial charge < -0.3 is 8.91 Å². The molecule has 10 heteroatoms. The SMILES string of the molecule is CSNc1ccc(-c2n[nH]c(=S)n2-c2cccc3ccccc23)c(OS(C)(=O)=O)c1. The van der Waals surface area contributed by atoms with Crippen molar-refractivity contribution >= 4 is 50.7 Å². The molecular formula is C20H18N4O3S3. The lowest BCUT2D eigenvalue weighted by Gasteiger charge is -2.14. The molecule has 1 heterocycles. The third kappa shape index (κ3) is 4.07. The summed E-state index contributed by atoms with van der Waals surface area (Å²) in [6.07, 6.45) is 2.88. The van der Waals surface area contributed by atoms with Gasteiger partial charge in [-0.3, -0.25) is 9.67 Å². The van der Waals surface area contributed by atoms with Crippen molar-refractivity contribution in [3.8, 4) is 22.8 Å². The molecule has 1 aromatic heterocycles. The summed E-state index contributed by atoms with van der Waals surface area (Å²) in [6, 6.07) is 19.0. The Kier molecular flexibility index (Phi) is 5.54. The Labute approximate surface area is 183 Å². The maximum Gasteiger partial charge on any atom is 0.306 e. The van der Waals surface area contributed by atoms with Gasteiger partial charge in [0.25, 0.3) is 0 Å². The van der Waals surface area contributed by atoms with E-state index in [0.29, 0.717) is 21.8 Å². The molecule has 3 aromatic carbocycles. The average Bonchev–Trinajstić information content (AvgIpc) is 3.08. The van der Waals surface area contributed by atoms with Gasteiger partial charge in [0.1, 0.15) is 0 Å². The van der Waals surface area contributed by atoms with Gasteiger partial charge in [0.15, 0.2) is 16.3 Å². The van der Waals surface area contributed by atoms with Gasteiger partial charge in [-0.2, -0.15) is 13.5 Å². The average molecular weight is 459 g/mol. The van der Waals surface area contributed by atoms with E-state index in [-0.39, 0.29) is 5.75 Å². The van der Waals surface area contributed by atoms with E-state index in [1.165, 1.54) is 11.9 Å². The van der Waals surface area contributed by atoms with E-state index >= 15 is 0 Å². The molecule has 4 rings (SSSR count). The van der Waals surface area contributed by atoms with E-state index in [4.69, 9.17) is 16.4 Å². The molecule has 2 N–H and O–H groups in total. The minimum absolute atomic E-state index is 0.159. The van der Waals surface area contributed by atoms with Crippen molar-refractivity contribution < 1.29 is 12.6 Å². The number of anilines is 1. The summed E-state index contributed by atoms with van der Waals surface area (Å²) in [7, 11) is -3.75. The van der Waals surface area contributed by atoms with E-state index in [0.717, 1.165) is 22.7 Å². The molecule has 0 aliphatic heterocycles. The predicted molar refractivity (Wildman–Crippen MR) is 124 cm³/mol. The molecule has 0 unspecified atom stereocenters. The molecule has 30 heavy (non-hydrogen) atoms. The second-order valence-electron chi connectivity index (χ2n) is 6.49. The molecular weight excluding hydrogens is 440 g/mol. The smallest absolute Gasteiger partial charge is 0.306 e. The van der Waals surface area contributed by atoms with Crippen molar-refractivity contribution in [1.29, 1.82) is 0 Å². The topological polar surface area (TPSA) is 89.0 Å². The maximum atomic E-state index is 11.9. The number of nitrogens with zero attached hydrogens (tertiary/aromatic N) is 2. The van der Waals surface area contributed by atoms with Gasteiger partial charge in [-0.15, -0.1) is 0 Å². The van der Waals surface area contributed by atoms with Gasteiger partial charge in [-0.05, 0) is 35.8 Å². The number of aromatic nitrogens is 3. The maximum absolute atomic E-state index is 11.9. The van der Waals surface area contributed by atoms with Gasteiger partial charge in [0.2, 0.25) is 0 Å². The Morgan fingerprint density at radius 2 is 1.90 bits per heavy atom. The van der Waals surface area contributed by atoms with Crippen LogP contribution < -0.4 is 8.91 Å². The second kappa shape index (κ2) is 8.13. The van der Waals surface area contributed by atoms with Gasteiger partial charge in [0, 0.05) is 23.4 Å². The van der Waals surface area contributed by atoms with Gasteiger partial charge >= 0.3 is 10.1 Å². The molecule has 154 valence electrons. The molecule has 0 amide bonds. The first-order chi connectivity index (χ1) is 14.4. The molecule has 0 aliphatic rings. The highest BCUT2D eigenvalue weighted by molar-refractivity contribution is 7.99. The van der Waals surface area contributed by atoms with Gasteiger partial charge in [0.05, 0.1) is 17.5 Å². The van der Waals surface area contributed by atoms with Crippen molar-refractivity contribution in [1.82, 2.24) is 14.8 Å². The Hall–Kier alpha value is -2.82. The van der Waals surface area contributed by atoms with Crippen LogP contribution in [-0.2, 0) is 10.1 Å². The van der Waals surface area contributed by atoms with Gasteiger partial charge in [-0.1, -0.05) is 48.3 Å². The zero-order valence-corrected chi connectivity index (χ0v) is 18.6. The van der Waals surface area contributed by atoms with Crippen molar-refractivity contribution in [2.75, 3.05) is 17.2 Å². The Balaban J connectivity index is 1.96. The van der Waals surface area contributed by atoms with Crippen LogP contribution in [0.2, 0.25) is 0 Å². The van der Waals surface area contributed by atoms with Crippen molar-refractivity contribution in [3.05, 3.63) is 65.4 Å². The number of nitrogens with one attached hydrogen (secondary N) is 2. The summed E-state index contributed by atoms with van der Waals surface area (Å²) >= 11 is 6.90. The minimum atomic E-state index is -3.75. The summed E-state index contributed by atoms with van der Waals surface area (Å²) in [5, 5.41) is 9.24. The number of aromatic amines is 1. The van der Waals surface area contributed by atoms with Crippen LogP contribution in [0, 0.1) is 4.77 Å². The molecule has 0 bridgehead atoms. The van der Waals surface area contributed by atoms with E-state index < -0.39 is 10.1 Å². The van der Waals surface area contributed by atoms with E-state index in [9.17, 15) is 8.42 Å². The van der Waals surface area contributed by atoms with Crippen LogP contribution in [0.1, 0.15) is 0 Å². The fraction of sp³-hybridized carbons (Fsp3) is 0.100. The lowest BCUT2D eigenvalue weighted by Crippen LogP contribution is -2.08. The third-order valence-corrected chi connectivity index (χ3v) is 5.56. The first-order valence-corrected chi connectivity index (χ1v) is 12.3. The number of benzene rings is 3. The van der Waals surface area contributed by atoms with Crippen LogP contribution in [-0.4, -0.2) is 35.7 Å². The number of fused-ring (bicyclic) bond motifs is 1. The first-order valence-electron chi connectivity index (χ1n) is 8.86. The fourth-order valence-electron chi connectivity index (χ4n) is 3.22.